The van der Waals surface area contributed by atoms with Gasteiger partial charge in [-0.1, -0.05) is 6.58 Å². The molecule has 0 aromatic carbocycles. The minimum atomic E-state index is -0.726. The van der Waals surface area contributed by atoms with Gasteiger partial charge in [0.15, 0.2) is 0 Å². The molecular formula is C9H14O3. The van der Waals surface area contributed by atoms with Crippen molar-refractivity contribution in [2.45, 2.75) is 31.3 Å². The lowest BCUT2D eigenvalue weighted by Crippen LogP contribution is -2.38. The topological polar surface area (TPSA) is 35.5 Å². The third kappa shape index (κ3) is 1.44. The molecule has 3 heteroatoms. The lowest BCUT2D eigenvalue weighted by molar-refractivity contribution is -0.162. The molecule has 0 amide bonds. The average Bonchev–Trinajstić information content (AvgIpc) is 2.53. The van der Waals surface area contributed by atoms with E-state index in [9.17, 15) is 4.79 Å². The zero-order chi connectivity index (χ0) is 9.03. The molecule has 0 heterocycles. The van der Waals surface area contributed by atoms with Crippen LogP contribution in [0.3, 0.4) is 0 Å². The summed E-state index contributed by atoms with van der Waals surface area (Å²) in [7, 11) is 1.38. The molecule has 0 aliphatic heterocycles. The Hall–Kier alpha value is -0.990. The van der Waals surface area contributed by atoms with Gasteiger partial charge in [-0.3, -0.25) is 0 Å². The summed E-state index contributed by atoms with van der Waals surface area (Å²) >= 11 is 0. The van der Waals surface area contributed by atoms with Crippen LogP contribution >= 0.6 is 0 Å². The molecule has 0 N–H and O–H groups in total. The fourth-order valence-corrected chi connectivity index (χ4v) is 1.66. The first-order valence-corrected chi connectivity index (χ1v) is 4.12. The van der Waals surface area contributed by atoms with Gasteiger partial charge in [-0.2, -0.15) is 0 Å². The average molecular weight is 170 g/mol. The lowest BCUT2D eigenvalue weighted by atomic mass is 10.0. The van der Waals surface area contributed by atoms with Crippen molar-refractivity contribution >= 4 is 5.97 Å². The molecule has 3 nitrogen and oxygen atoms in total. The van der Waals surface area contributed by atoms with Crippen LogP contribution in [0.5, 0.6) is 0 Å². The number of hydrogen-bond donors (Lipinski definition) is 0. The van der Waals surface area contributed by atoms with Crippen LogP contribution in [0.15, 0.2) is 12.8 Å². The highest BCUT2D eigenvalue weighted by Gasteiger charge is 2.43. The van der Waals surface area contributed by atoms with Gasteiger partial charge in [0.2, 0.25) is 5.60 Å². The highest BCUT2D eigenvalue weighted by molar-refractivity contribution is 5.79. The Morgan fingerprint density at radius 3 is 2.50 bits per heavy atom. The van der Waals surface area contributed by atoms with Crippen LogP contribution in [-0.4, -0.2) is 18.7 Å². The summed E-state index contributed by atoms with van der Waals surface area (Å²) in [5.41, 5.74) is -0.726. The van der Waals surface area contributed by atoms with Gasteiger partial charge in [0.1, 0.15) is 0 Å². The Morgan fingerprint density at radius 2 is 2.08 bits per heavy atom. The number of ether oxygens (including phenoxy) is 2. The molecule has 1 fully saturated rings. The number of hydrogen-bond acceptors (Lipinski definition) is 3. The smallest absolute Gasteiger partial charge is 0.350 e. The van der Waals surface area contributed by atoms with E-state index in [0.29, 0.717) is 0 Å². The van der Waals surface area contributed by atoms with Crippen molar-refractivity contribution in [2.24, 2.45) is 0 Å². The first kappa shape index (κ1) is 9.10. The van der Waals surface area contributed by atoms with Crippen LogP contribution < -0.4 is 0 Å². The fourth-order valence-electron chi connectivity index (χ4n) is 1.66. The molecule has 0 radical (unpaired) electrons. The molecule has 12 heavy (non-hydrogen) atoms. The number of carbonyl (C=O) groups is 1. The maximum absolute atomic E-state index is 11.3. The van der Waals surface area contributed by atoms with Crippen molar-refractivity contribution in [3.05, 3.63) is 12.8 Å². The number of rotatable bonds is 3. The summed E-state index contributed by atoms with van der Waals surface area (Å²) in [5, 5.41) is 0. The molecule has 0 atom stereocenters. The van der Waals surface area contributed by atoms with Crippen molar-refractivity contribution in [1.82, 2.24) is 0 Å². The molecule has 0 aromatic rings. The van der Waals surface area contributed by atoms with Crippen LogP contribution in [0.25, 0.3) is 0 Å². The lowest BCUT2D eigenvalue weighted by Gasteiger charge is -2.24. The maximum atomic E-state index is 11.3. The molecule has 0 saturated heterocycles. The van der Waals surface area contributed by atoms with E-state index in [2.05, 4.69) is 11.3 Å². The minimum absolute atomic E-state index is 0.278. The van der Waals surface area contributed by atoms with Gasteiger partial charge >= 0.3 is 5.97 Å². The van der Waals surface area contributed by atoms with Crippen LogP contribution in [0.4, 0.5) is 0 Å². The second kappa shape index (κ2) is 3.61. The second-order valence-corrected chi connectivity index (χ2v) is 2.98. The third-order valence-electron chi connectivity index (χ3n) is 2.28. The fraction of sp³-hybridized carbons (Fsp3) is 0.667. The molecule has 0 bridgehead atoms. The molecule has 68 valence electrons. The SMILES string of the molecule is C=COC1(C(=O)OC)CCCC1. The Bertz CT molecular complexity index is 180. The maximum Gasteiger partial charge on any atom is 0.350 e. The first-order valence-electron chi connectivity index (χ1n) is 4.12. The summed E-state index contributed by atoms with van der Waals surface area (Å²) < 4.78 is 9.91. The zero-order valence-electron chi connectivity index (χ0n) is 7.34. The monoisotopic (exact) mass is 170 g/mol. The molecule has 1 rings (SSSR count). The standard InChI is InChI=1S/C9H14O3/c1-3-12-9(8(10)11-2)6-4-5-7-9/h3H,1,4-7H2,2H3. The Labute approximate surface area is 72.4 Å². The van der Waals surface area contributed by atoms with E-state index < -0.39 is 5.60 Å². The van der Waals surface area contributed by atoms with E-state index in [-0.39, 0.29) is 5.97 Å². The van der Waals surface area contributed by atoms with E-state index in [4.69, 9.17) is 4.74 Å². The van der Waals surface area contributed by atoms with E-state index in [1.165, 1.54) is 13.4 Å². The third-order valence-corrected chi connectivity index (χ3v) is 2.28. The summed E-state index contributed by atoms with van der Waals surface area (Å²) in [6, 6.07) is 0. The van der Waals surface area contributed by atoms with Crippen molar-refractivity contribution in [1.29, 1.82) is 0 Å². The van der Waals surface area contributed by atoms with Gasteiger partial charge in [0.05, 0.1) is 13.4 Å². The number of esters is 1. The molecule has 0 aromatic heterocycles. The van der Waals surface area contributed by atoms with E-state index in [1.54, 1.807) is 0 Å². The second-order valence-electron chi connectivity index (χ2n) is 2.98. The van der Waals surface area contributed by atoms with Crippen LogP contribution in [0.2, 0.25) is 0 Å². The van der Waals surface area contributed by atoms with Crippen LogP contribution in [0, 0.1) is 0 Å². The largest absolute Gasteiger partial charge is 0.484 e. The molecular weight excluding hydrogens is 156 g/mol. The molecule has 1 aliphatic rings. The van der Waals surface area contributed by atoms with Crippen LogP contribution in [-0.2, 0) is 14.3 Å². The number of methoxy groups -OCH3 is 1. The van der Waals surface area contributed by atoms with Crippen molar-refractivity contribution in [3.63, 3.8) is 0 Å². The van der Waals surface area contributed by atoms with E-state index in [0.717, 1.165) is 25.7 Å². The summed E-state index contributed by atoms with van der Waals surface area (Å²) in [6.07, 6.45) is 4.84. The summed E-state index contributed by atoms with van der Waals surface area (Å²) in [4.78, 5) is 11.3. The highest BCUT2D eigenvalue weighted by atomic mass is 16.6. The van der Waals surface area contributed by atoms with Crippen LogP contribution in [0.1, 0.15) is 25.7 Å². The van der Waals surface area contributed by atoms with E-state index >= 15 is 0 Å². The quantitative estimate of drug-likeness (QED) is 0.477. The predicted octanol–water partition coefficient (Wildman–Crippen LogP) is 1.63. The Kier molecular flexibility index (Phi) is 2.74. The Morgan fingerprint density at radius 1 is 1.50 bits per heavy atom. The highest BCUT2D eigenvalue weighted by Crippen LogP contribution is 2.34. The van der Waals surface area contributed by atoms with Gasteiger partial charge in [-0.15, -0.1) is 0 Å². The van der Waals surface area contributed by atoms with Gasteiger partial charge in [0.25, 0.3) is 0 Å². The first-order chi connectivity index (χ1) is 5.75. The van der Waals surface area contributed by atoms with Gasteiger partial charge in [0, 0.05) is 0 Å². The molecule has 0 unspecified atom stereocenters. The van der Waals surface area contributed by atoms with Crippen molar-refractivity contribution < 1.29 is 14.3 Å². The number of carbonyl (C=O) groups excluding carboxylic acids is 1. The van der Waals surface area contributed by atoms with Gasteiger partial charge < -0.3 is 9.47 Å². The molecule has 1 saturated carbocycles. The minimum Gasteiger partial charge on any atom is -0.484 e. The van der Waals surface area contributed by atoms with Crippen molar-refractivity contribution in [2.75, 3.05) is 7.11 Å². The van der Waals surface area contributed by atoms with Gasteiger partial charge in [-0.25, -0.2) is 4.79 Å². The summed E-state index contributed by atoms with van der Waals surface area (Å²) in [5.74, 6) is -0.278. The van der Waals surface area contributed by atoms with Gasteiger partial charge in [-0.05, 0) is 25.7 Å². The predicted molar refractivity (Wildman–Crippen MR) is 44.5 cm³/mol. The summed E-state index contributed by atoms with van der Waals surface area (Å²) in [6.45, 7) is 3.46. The molecule has 1 aliphatic carbocycles. The Balaban J connectivity index is 2.70. The van der Waals surface area contributed by atoms with Crippen molar-refractivity contribution in [3.8, 4) is 0 Å². The molecule has 0 spiro atoms. The normalized spacial score (nSPS) is 20.1. The van der Waals surface area contributed by atoms with E-state index in [1.807, 2.05) is 0 Å². The zero-order valence-corrected chi connectivity index (χ0v) is 7.34.